The van der Waals surface area contributed by atoms with Gasteiger partial charge < -0.3 is 9.84 Å². The molecule has 2 aromatic rings. The molecule has 1 aromatic heterocycles. The minimum atomic E-state index is -4.45. The molecule has 3 unspecified atom stereocenters. The number of nitrogens with one attached hydrogen (secondary N) is 1. The summed E-state index contributed by atoms with van der Waals surface area (Å²) in [5.74, 6) is 0.203. The highest BCUT2D eigenvalue weighted by molar-refractivity contribution is 5.82. The highest BCUT2D eigenvalue weighted by Gasteiger charge is 2.35. The molecule has 2 heterocycles. The van der Waals surface area contributed by atoms with Gasteiger partial charge in [0.25, 0.3) is 0 Å². The molecule has 1 aliphatic heterocycles. The van der Waals surface area contributed by atoms with Gasteiger partial charge in [-0.2, -0.15) is 23.4 Å². The van der Waals surface area contributed by atoms with Gasteiger partial charge >= 0.3 is 6.18 Å². The summed E-state index contributed by atoms with van der Waals surface area (Å²) in [6, 6.07) is 6.38. The van der Waals surface area contributed by atoms with E-state index in [4.69, 9.17) is 4.52 Å². The first kappa shape index (κ1) is 26.6. The Bertz CT molecular complexity index is 1070. The van der Waals surface area contributed by atoms with E-state index in [1.54, 1.807) is 6.92 Å². The number of nitrogens with zero attached hydrogens (tertiary/aromatic N) is 5. The van der Waals surface area contributed by atoms with E-state index in [9.17, 15) is 23.2 Å². The van der Waals surface area contributed by atoms with Crippen LogP contribution in [-0.4, -0.2) is 63.6 Å². The molecule has 0 radical (unpaired) electrons. The summed E-state index contributed by atoms with van der Waals surface area (Å²) in [5, 5.41) is 16.2. The molecule has 3 rings (SSSR count). The van der Waals surface area contributed by atoms with E-state index >= 15 is 0 Å². The summed E-state index contributed by atoms with van der Waals surface area (Å²) in [4.78, 5) is 21.3. The summed E-state index contributed by atoms with van der Waals surface area (Å²) in [6.07, 6.45) is -4.45. The Morgan fingerprint density at radius 1 is 1.14 bits per heavy atom. The zero-order valence-corrected chi connectivity index (χ0v) is 20.6. The van der Waals surface area contributed by atoms with E-state index in [0.717, 1.165) is 12.1 Å². The molecular weight excluding hydrogens is 461 g/mol. The van der Waals surface area contributed by atoms with Crippen molar-refractivity contribution in [2.45, 2.75) is 58.4 Å². The van der Waals surface area contributed by atoms with Crippen LogP contribution in [0.15, 0.2) is 28.8 Å². The normalized spacial score (nSPS) is 19.1. The molecule has 0 saturated carbocycles. The minimum Gasteiger partial charge on any atom is -0.337 e. The summed E-state index contributed by atoms with van der Waals surface area (Å²) >= 11 is 0. The van der Waals surface area contributed by atoms with Crippen molar-refractivity contribution in [1.29, 1.82) is 5.26 Å². The van der Waals surface area contributed by atoms with E-state index in [1.807, 2.05) is 27.7 Å². The molecule has 1 N–H and O–H groups in total. The molecule has 1 fully saturated rings. The third-order valence-corrected chi connectivity index (χ3v) is 6.84. The van der Waals surface area contributed by atoms with Crippen LogP contribution >= 0.6 is 0 Å². The Labute approximate surface area is 203 Å². The van der Waals surface area contributed by atoms with E-state index in [-0.39, 0.29) is 29.3 Å². The van der Waals surface area contributed by atoms with Crippen molar-refractivity contribution in [3.63, 3.8) is 0 Å². The van der Waals surface area contributed by atoms with Gasteiger partial charge in [-0.25, -0.2) is 0 Å². The topological polar surface area (TPSA) is 98.3 Å². The second-order valence-electron chi connectivity index (χ2n) is 9.42. The Morgan fingerprint density at radius 3 is 2.34 bits per heavy atom. The van der Waals surface area contributed by atoms with Crippen LogP contribution in [0, 0.1) is 17.2 Å². The molecule has 3 atom stereocenters. The van der Waals surface area contributed by atoms with Gasteiger partial charge in [0, 0.05) is 31.7 Å². The molecule has 0 spiro atoms. The van der Waals surface area contributed by atoms with Crippen LogP contribution in [0.3, 0.4) is 0 Å². The summed E-state index contributed by atoms with van der Waals surface area (Å²) in [5.41, 5.74) is -1.47. The van der Waals surface area contributed by atoms with Gasteiger partial charge in [-0.3, -0.25) is 14.6 Å². The number of carbonyl (C=O) groups is 1. The van der Waals surface area contributed by atoms with Crippen LogP contribution in [0.1, 0.15) is 52.1 Å². The zero-order valence-electron chi connectivity index (χ0n) is 20.6. The number of nitriles is 1. The predicted octanol–water partition coefficient (Wildman–Crippen LogP) is 3.88. The fourth-order valence-corrected chi connectivity index (χ4v) is 3.85. The largest absolute Gasteiger partial charge is 0.416 e. The van der Waals surface area contributed by atoms with Crippen molar-refractivity contribution in [2.75, 3.05) is 26.2 Å². The maximum atomic E-state index is 13.0. The summed E-state index contributed by atoms with van der Waals surface area (Å²) in [6.45, 7) is 11.8. The molecule has 1 aromatic carbocycles. The van der Waals surface area contributed by atoms with Gasteiger partial charge in [-0.05, 0) is 38.8 Å². The maximum absolute atomic E-state index is 13.0. The van der Waals surface area contributed by atoms with Gasteiger partial charge in [0.15, 0.2) is 0 Å². The van der Waals surface area contributed by atoms with Crippen LogP contribution in [0.25, 0.3) is 11.4 Å². The lowest BCUT2D eigenvalue weighted by Gasteiger charge is -2.40. The van der Waals surface area contributed by atoms with E-state index in [1.165, 1.54) is 12.1 Å². The molecule has 1 aliphatic rings. The molecule has 35 heavy (non-hydrogen) atoms. The Balaban J connectivity index is 1.60. The molecule has 1 amide bonds. The standard InChI is InChI=1S/C24H31F3N6O2/c1-15(2)23(5,14-28)30-21(34)16(3)32-9-11-33(12-10-32)17(4)22-29-20(31-35-22)18-7-6-8-19(13-18)24(25,26)27/h6-8,13,15-17H,9-12H2,1-5H3,(H,30,34). The van der Waals surface area contributed by atoms with E-state index in [0.29, 0.717) is 32.1 Å². The first-order chi connectivity index (χ1) is 16.4. The van der Waals surface area contributed by atoms with Crippen molar-refractivity contribution >= 4 is 5.91 Å². The second-order valence-corrected chi connectivity index (χ2v) is 9.42. The number of hydrogen-bond acceptors (Lipinski definition) is 7. The molecule has 190 valence electrons. The number of halogens is 3. The average Bonchev–Trinajstić information content (AvgIpc) is 3.33. The van der Waals surface area contributed by atoms with Gasteiger partial charge in [0.2, 0.25) is 17.6 Å². The average molecular weight is 493 g/mol. The fourth-order valence-electron chi connectivity index (χ4n) is 3.85. The van der Waals surface area contributed by atoms with Gasteiger partial charge in [-0.15, -0.1) is 0 Å². The van der Waals surface area contributed by atoms with Crippen molar-refractivity contribution < 1.29 is 22.5 Å². The Hall–Kier alpha value is -2.97. The molecule has 11 heteroatoms. The highest BCUT2D eigenvalue weighted by Crippen LogP contribution is 2.32. The number of benzene rings is 1. The number of amides is 1. The van der Waals surface area contributed by atoms with Gasteiger partial charge in [0.05, 0.1) is 23.7 Å². The van der Waals surface area contributed by atoms with Crippen molar-refractivity contribution in [2.24, 2.45) is 5.92 Å². The number of aromatic nitrogens is 2. The van der Waals surface area contributed by atoms with Crippen LogP contribution in [0.4, 0.5) is 13.2 Å². The first-order valence-electron chi connectivity index (χ1n) is 11.6. The zero-order chi connectivity index (χ0) is 26.0. The third kappa shape index (κ3) is 6.00. The lowest BCUT2D eigenvalue weighted by atomic mass is 9.89. The maximum Gasteiger partial charge on any atom is 0.416 e. The monoisotopic (exact) mass is 492 g/mol. The number of piperazine rings is 1. The molecule has 8 nitrogen and oxygen atoms in total. The van der Waals surface area contributed by atoms with Gasteiger partial charge in [-0.1, -0.05) is 31.1 Å². The molecule has 0 bridgehead atoms. The van der Waals surface area contributed by atoms with Crippen LogP contribution in [-0.2, 0) is 11.0 Å². The highest BCUT2D eigenvalue weighted by atomic mass is 19.4. The van der Waals surface area contributed by atoms with Crippen molar-refractivity contribution in [1.82, 2.24) is 25.3 Å². The van der Waals surface area contributed by atoms with Crippen LogP contribution < -0.4 is 5.32 Å². The SMILES string of the molecule is CC(C(=O)NC(C)(C#N)C(C)C)N1CCN(C(C)c2nc(-c3cccc(C(F)(F)F)c3)no2)CC1. The first-order valence-corrected chi connectivity index (χ1v) is 11.6. The fraction of sp³-hybridized carbons (Fsp3) is 0.583. The number of alkyl halides is 3. The minimum absolute atomic E-state index is 0.0309. The lowest BCUT2D eigenvalue weighted by molar-refractivity contribution is -0.137. The third-order valence-electron chi connectivity index (χ3n) is 6.84. The Morgan fingerprint density at radius 2 is 1.77 bits per heavy atom. The van der Waals surface area contributed by atoms with E-state index in [2.05, 4.69) is 31.3 Å². The molecule has 0 aliphatic carbocycles. The molecule has 1 saturated heterocycles. The predicted molar refractivity (Wildman–Crippen MR) is 123 cm³/mol. The lowest BCUT2D eigenvalue weighted by Crippen LogP contribution is -2.58. The molecular formula is C24H31F3N6O2. The van der Waals surface area contributed by atoms with Crippen molar-refractivity contribution in [3.8, 4) is 17.5 Å². The smallest absolute Gasteiger partial charge is 0.337 e. The quantitative estimate of drug-likeness (QED) is 0.626. The van der Waals surface area contributed by atoms with E-state index < -0.39 is 23.3 Å². The van der Waals surface area contributed by atoms with Crippen molar-refractivity contribution in [3.05, 3.63) is 35.7 Å². The number of carbonyl (C=O) groups excluding carboxylic acids is 1. The Kier molecular flexibility index (Phi) is 7.87. The van der Waals surface area contributed by atoms with Crippen LogP contribution in [0.2, 0.25) is 0 Å². The summed E-state index contributed by atoms with van der Waals surface area (Å²) < 4.78 is 44.4. The summed E-state index contributed by atoms with van der Waals surface area (Å²) in [7, 11) is 0. The second kappa shape index (κ2) is 10.3. The van der Waals surface area contributed by atoms with Gasteiger partial charge in [0.1, 0.15) is 5.54 Å². The number of hydrogen-bond donors (Lipinski definition) is 1. The number of rotatable bonds is 7. The van der Waals surface area contributed by atoms with Crippen LogP contribution in [0.5, 0.6) is 0 Å².